The van der Waals surface area contributed by atoms with Crippen LogP contribution in [0.15, 0.2) is 59.5 Å². The molecule has 2 rings (SSSR count). The second-order valence-electron chi connectivity index (χ2n) is 5.16. The number of nitrogens with one attached hydrogen (secondary N) is 1. The standard InChI is InChI=1S/C16H16F3NO2S/c1-12(13-7-3-2-4-8-13)11-20-23(21,22)15-10-6-5-9-14(15)16(17,18)19/h2-10,12,20H,11H2,1H3/t12-/m0/s1. The van der Waals surface area contributed by atoms with Gasteiger partial charge < -0.3 is 0 Å². The lowest BCUT2D eigenvalue weighted by Gasteiger charge is -2.16. The Balaban J connectivity index is 2.21. The quantitative estimate of drug-likeness (QED) is 0.898. The molecule has 0 saturated heterocycles. The van der Waals surface area contributed by atoms with Gasteiger partial charge in [-0.15, -0.1) is 0 Å². The highest BCUT2D eigenvalue weighted by atomic mass is 32.2. The topological polar surface area (TPSA) is 46.2 Å². The molecule has 0 bridgehead atoms. The first-order valence-electron chi connectivity index (χ1n) is 6.92. The first-order chi connectivity index (χ1) is 10.7. The van der Waals surface area contributed by atoms with E-state index in [0.717, 1.165) is 23.8 Å². The lowest BCUT2D eigenvalue weighted by Crippen LogP contribution is -2.29. The van der Waals surface area contributed by atoms with Crippen molar-refractivity contribution in [1.29, 1.82) is 0 Å². The van der Waals surface area contributed by atoms with E-state index in [2.05, 4.69) is 4.72 Å². The molecule has 2 aromatic carbocycles. The molecule has 0 spiro atoms. The molecule has 0 saturated carbocycles. The minimum atomic E-state index is -4.73. The number of hydrogen-bond acceptors (Lipinski definition) is 2. The Morgan fingerprint density at radius 3 is 2.17 bits per heavy atom. The summed E-state index contributed by atoms with van der Waals surface area (Å²) >= 11 is 0. The van der Waals surface area contributed by atoms with Gasteiger partial charge in [0.25, 0.3) is 0 Å². The molecule has 0 aromatic heterocycles. The number of sulfonamides is 1. The van der Waals surface area contributed by atoms with Crippen LogP contribution in [0.4, 0.5) is 13.2 Å². The Labute approximate surface area is 133 Å². The molecule has 7 heteroatoms. The molecule has 1 atom stereocenters. The van der Waals surface area contributed by atoms with E-state index in [-0.39, 0.29) is 12.5 Å². The summed E-state index contributed by atoms with van der Waals surface area (Å²) in [5.74, 6) is -0.163. The molecule has 3 nitrogen and oxygen atoms in total. The Hall–Kier alpha value is -1.86. The average Bonchev–Trinajstić information content (AvgIpc) is 2.53. The van der Waals surface area contributed by atoms with Crippen molar-refractivity contribution in [1.82, 2.24) is 4.72 Å². The van der Waals surface area contributed by atoms with Gasteiger partial charge in [-0.25, -0.2) is 13.1 Å². The number of halogens is 3. The van der Waals surface area contributed by atoms with Crippen LogP contribution in [0, 0.1) is 0 Å². The molecular formula is C16H16F3NO2S. The van der Waals surface area contributed by atoms with Gasteiger partial charge in [0.2, 0.25) is 10.0 Å². The third kappa shape index (κ3) is 4.33. The van der Waals surface area contributed by atoms with E-state index in [1.807, 2.05) is 30.3 Å². The molecule has 124 valence electrons. The van der Waals surface area contributed by atoms with E-state index in [0.29, 0.717) is 0 Å². The van der Waals surface area contributed by atoms with Crippen LogP contribution in [0.2, 0.25) is 0 Å². The maximum Gasteiger partial charge on any atom is 0.417 e. The fraction of sp³-hybridized carbons (Fsp3) is 0.250. The Kier molecular flexibility index (Phi) is 5.11. The number of rotatable bonds is 5. The first kappa shape index (κ1) is 17.5. The van der Waals surface area contributed by atoms with E-state index in [9.17, 15) is 21.6 Å². The first-order valence-corrected chi connectivity index (χ1v) is 8.41. The minimum Gasteiger partial charge on any atom is -0.211 e. The molecule has 0 unspecified atom stereocenters. The van der Waals surface area contributed by atoms with Gasteiger partial charge in [-0.3, -0.25) is 0 Å². The summed E-state index contributed by atoms with van der Waals surface area (Å²) in [4.78, 5) is -0.757. The summed E-state index contributed by atoms with van der Waals surface area (Å²) in [6, 6.07) is 13.3. The van der Waals surface area contributed by atoms with Crippen LogP contribution < -0.4 is 4.72 Å². The lowest BCUT2D eigenvalue weighted by molar-refractivity contribution is -0.139. The maximum atomic E-state index is 13.0. The zero-order chi connectivity index (χ0) is 17.1. The van der Waals surface area contributed by atoms with E-state index in [4.69, 9.17) is 0 Å². The van der Waals surface area contributed by atoms with E-state index in [1.54, 1.807) is 6.92 Å². The summed E-state index contributed by atoms with van der Waals surface area (Å²) in [5.41, 5.74) is -0.265. The van der Waals surface area contributed by atoms with E-state index >= 15 is 0 Å². The molecule has 0 aliphatic rings. The highest BCUT2D eigenvalue weighted by Crippen LogP contribution is 2.33. The summed E-state index contributed by atoms with van der Waals surface area (Å²) < 4.78 is 65.6. The van der Waals surface area contributed by atoms with Crippen LogP contribution in [0.1, 0.15) is 24.0 Å². The van der Waals surface area contributed by atoms with Crippen molar-refractivity contribution in [3.8, 4) is 0 Å². The Morgan fingerprint density at radius 2 is 1.57 bits per heavy atom. The summed E-state index contributed by atoms with van der Waals surface area (Å²) in [5, 5.41) is 0. The van der Waals surface area contributed by atoms with E-state index in [1.165, 1.54) is 6.07 Å². The van der Waals surface area contributed by atoms with Crippen molar-refractivity contribution < 1.29 is 21.6 Å². The molecule has 0 aliphatic heterocycles. The maximum absolute atomic E-state index is 13.0. The van der Waals surface area contributed by atoms with Crippen molar-refractivity contribution in [2.75, 3.05) is 6.54 Å². The van der Waals surface area contributed by atoms with Gasteiger partial charge in [-0.05, 0) is 23.6 Å². The molecule has 0 amide bonds. The van der Waals surface area contributed by atoms with Gasteiger partial charge in [-0.1, -0.05) is 49.4 Å². The largest absolute Gasteiger partial charge is 0.417 e. The average molecular weight is 343 g/mol. The highest BCUT2D eigenvalue weighted by molar-refractivity contribution is 7.89. The van der Waals surface area contributed by atoms with Crippen molar-refractivity contribution in [3.05, 3.63) is 65.7 Å². The summed E-state index contributed by atoms with van der Waals surface area (Å²) in [7, 11) is -4.25. The van der Waals surface area contributed by atoms with Crippen LogP contribution >= 0.6 is 0 Å². The predicted molar refractivity (Wildman–Crippen MR) is 81.5 cm³/mol. The van der Waals surface area contributed by atoms with Crippen molar-refractivity contribution >= 4 is 10.0 Å². The molecule has 23 heavy (non-hydrogen) atoms. The Morgan fingerprint density at radius 1 is 1.00 bits per heavy atom. The van der Waals surface area contributed by atoms with Crippen LogP contribution in [-0.2, 0) is 16.2 Å². The fourth-order valence-corrected chi connectivity index (χ4v) is 3.50. The fourth-order valence-electron chi connectivity index (χ4n) is 2.15. The molecule has 0 radical (unpaired) electrons. The molecule has 0 fully saturated rings. The Bertz CT molecular complexity index is 758. The van der Waals surface area contributed by atoms with Crippen LogP contribution in [0.5, 0.6) is 0 Å². The van der Waals surface area contributed by atoms with Gasteiger partial charge in [-0.2, -0.15) is 13.2 Å². The second-order valence-corrected chi connectivity index (χ2v) is 6.89. The third-order valence-electron chi connectivity index (χ3n) is 3.43. The predicted octanol–water partition coefficient (Wildman–Crippen LogP) is 3.79. The molecule has 1 N–H and O–H groups in total. The monoisotopic (exact) mass is 343 g/mol. The van der Waals surface area contributed by atoms with Gasteiger partial charge in [0.15, 0.2) is 0 Å². The number of benzene rings is 2. The third-order valence-corrected chi connectivity index (χ3v) is 4.91. The van der Waals surface area contributed by atoms with Crippen molar-refractivity contribution in [3.63, 3.8) is 0 Å². The van der Waals surface area contributed by atoms with Gasteiger partial charge >= 0.3 is 6.18 Å². The molecule has 2 aromatic rings. The number of alkyl halides is 3. The van der Waals surface area contributed by atoms with E-state index < -0.39 is 26.7 Å². The van der Waals surface area contributed by atoms with Crippen molar-refractivity contribution in [2.45, 2.75) is 23.9 Å². The lowest BCUT2D eigenvalue weighted by atomic mass is 10.0. The SMILES string of the molecule is C[C@@H](CNS(=O)(=O)c1ccccc1C(F)(F)F)c1ccccc1. The van der Waals surface area contributed by atoms with Crippen LogP contribution in [0.3, 0.4) is 0 Å². The van der Waals surface area contributed by atoms with Crippen LogP contribution in [0.25, 0.3) is 0 Å². The van der Waals surface area contributed by atoms with Gasteiger partial charge in [0.05, 0.1) is 10.5 Å². The normalized spacial score (nSPS) is 13.7. The minimum absolute atomic E-state index is 0.0124. The second kappa shape index (κ2) is 6.72. The molecular weight excluding hydrogens is 327 g/mol. The highest BCUT2D eigenvalue weighted by Gasteiger charge is 2.36. The molecule has 0 aliphatic carbocycles. The zero-order valence-corrected chi connectivity index (χ0v) is 13.2. The smallest absolute Gasteiger partial charge is 0.211 e. The molecule has 0 heterocycles. The number of hydrogen-bond donors (Lipinski definition) is 1. The summed E-state index contributed by atoms with van der Waals surface area (Å²) in [6.07, 6.45) is -4.73. The zero-order valence-electron chi connectivity index (χ0n) is 12.3. The summed E-state index contributed by atoms with van der Waals surface area (Å²) in [6.45, 7) is 1.81. The van der Waals surface area contributed by atoms with Crippen molar-refractivity contribution in [2.24, 2.45) is 0 Å². The van der Waals surface area contributed by atoms with Gasteiger partial charge in [0.1, 0.15) is 0 Å². The van der Waals surface area contributed by atoms with Crippen LogP contribution in [-0.4, -0.2) is 15.0 Å². The van der Waals surface area contributed by atoms with Gasteiger partial charge in [0, 0.05) is 6.54 Å².